The van der Waals surface area contributed by atoms with Crippen LogP contribution in [0.2, 0.25) is 10.0 Å². The van der Waals surface area contributed by atoms with Crippen LogP contribution in [0.25, 0.3) is 0 Å². The summed E-state index contributed by atoms with van der Waals surface area (Å²) in [6.45, 7) is 1.93. The smallest absolute Gasteiger partial charge is 0.243 e. The lowest BCUT2D eigenvalue weighted by molar-refractivity contribution is 0.463. The highest BCUT2D eigenvalue weighted by Gasteiger charge is 2.09. The van der Waals surface area contributed by atoms with Crippen LogP contribution in [0.3, 0.4) is 0 Å². The van der Waals surface area contributed by atoms with Gasteiger partial charge in [0.25, 0.3) is 0 Å². The van der Waals surface area contributed by atoms with Crippen LogP contribution in [0.5, 0.6) is 11.6 Å². The number of benzene rings is 1. The van der Waals surface area contributed by atoms with Gasteiger partial charge in [0.2, 0.25) is 11.8 Å². The summed E-state index contributed by atoms with van der Waals surface area (Å²) >= 11 is 11.9. The molecule has 1 heterocycles. The van der Waals surface area contributed by atoms with E-state index >= 15 is 0 Å². The summed E-state index contributed by atoms with van der Waals surface area (Å²) < 4.78 is 5.51. The van der Waals surface area contributed by atoms with E-state index in [1.165, 1.54) is 6.20 Å². The molecule has 2 aromatic rings. The van der Waals surface area contributed by atoms with Gasteiger partial charge in [-0.15, -0.1) is 0 Å². The van der Waals surface area contributed by atoms with Crippen LogP contribution in [0.1, 0.15) is 5.56 Å². The number of nitrogen functional groups attached to an aromatic ring is 1. The van der Waals surface area contributed by atoms with Gasteiger partial charge in [-0.1, -0.05) is 29.3 Å². The number of aromatic nitrogens is 2. The summed E-state index contributed by atoms with van der Waals surface area (Å²) in [6, 6.07) is 5.41. The van der Waals surface area contributed by atoms with Crippen LogP contribution in [-0.2, 0) is 0 Å². The van der Waals surface area contributed by atoms with E-state index in [2.05, 4.69) is 9.97 Å². The molecule has 0 atom stereocenters. The van der Waals surface area contributed by atoms with Crippen LogP contribution in [0.15, 0.2) is 24.4 Å². The van der Waals surface area contributed by atoms with Gasteiger partial charge in [0, 0.05) is 0 Å². The molecule has 88 valence electrons. The van der Waals surface area contributed by atoms with Crippen LogP contribution < -0.4 is 10.5 Å². The number of hydrogen-bond donors (Lipinski definition) is 1. The molecule has 0 aliphatic heterocycles. The minimum Gasteiger partial charge on any atom is -0.436 e. The highest BCUT2D eigenvalue weighted by atomic mass is 35.5. The molecular formula is C11H9Cl2N3O. The van der Waals surface area contributed by atoms with Gasteiger partial charge in [0.1, 0.15) is 10.8 Å². The third-order valence-corrected chi connectivity index (χ3v) is 2.60. The summed E-state index contributed by atoms with van der Waals surface area (Å²) in [7, 11) is 0. The van der Waals surface area contributed by atoms with Gasteiger partial charge in [-0.2, -0.15) is 4.98 Å². The molecule has 0 saturated heterocycles. The van der Waals surface area contributed by atoms with Crippen molar-refractivity contribution < 1.29 is 4.74 Å². The summed E-state index contributed by atoms with van der Waals surface area (Å²) in [5.74, 6) is 0.756. The van der Waals surface area contributed by atoms with Crippen LogP contribution >= 0.6 is 23.2 Å². The van der Waals surface area contributed by atoms with Gasteiger partial charge in [0.05, 0.1) is 11.2 Å². The van der Waals surface area contributed by atoms with Crippen molar-refractivity contribution in [2.75, 3.05) is 5.73 Å². The SMILES string of the molecule is Cc1ccc(Cl)c(Oc2nc(N)ncc2Cl)c1. The number of rotatable bonds is 2. The van der Waals surface area contributed by atoms with Crippen LogP contribution in [0.4, 0.5) is 5.95 Å². The number of ether oxygens (including phenoxy) is 1. The van der Waals surface area contributed by atoms with Gasteiger partial charge < -0.3 is 10.5 Å². The Morgan fingerprint density at radius 1 is 1.24 bits per heavy atom. The number of halogens is 2. The van der Waals surface area contributed by atoms with E-state index in [9.17, 15) is 0 Å². The lowest BCUT2D eigenvalue weighted by atomic mass is 10.2. The number of aryl methyl sites for hydroxylation is 1. The average molecular weight is 270 g/mol. The molecule has 17 heavy (non-hydrogen) atoms. The van der Waals surface area contributed by atoms with Crippen molar-refractivity contribution in [3.8, 4) is 11.6 Å². The van der Waals surface area contributed by atoms with Crippen molar-refractivity contribution in [3.05, 3.63) is 40.0 Å². The van der Waals surface area contributed by atoms with Gasteiger partial charge in [-0.25, -0.2) is 4.98 Å². The molecule has 1 aromatic heterocycles. The molecule has 0 aliphatic carbocycles. The zero-order valence-corrected chi connectivity index (χ0v) is 10.5. The summed E-state index contributed by atoms with van der Waals surface area (Å²) in [6.07, 6.45) is 1.38. The quantitative estimate of drug-likeness (QED) is 0.907. The third-order valence-electron chi connectivity index (χ3n) is 2.02. The topological polar surface area (TPSA) is 61.0 Å². The first-order valence-corrected chi connectivity index (χ1v) is 5.54. The first kappa shape index (κ1) is 12.0. The second-order valence-corrected chi connectivity index (χ2v) is 4.23. The molecule has 2 N–H and O–H groups in total. The highest BCUT2D eigenvalue weighted by Crippen LogP contribution is 2.32. The fourth-order valence-corrected chi connectivity index (χ4v) is 1.51. The van der Waals surface area contributed by atoms with Gasteiger partial charge >= 0.3 is 0 Å². The minimum absolute atomic E-state index is 0.0909. The lowest BCUT2D eigenvalue weighted by Gasteiger charge is -2.08. The average Bonchev–Trinajstić information content (AvgIpc) is 2.28. The molecule has 0 fully saturated rings. The van der Waals surface area contributed by atoms with E-state index in [1.807, 2.05) is 13.0 Å². The molecule has 0 unspecified atom stereocenters. The van der Waals surface area contributed by atoms with Crippen molar-refractivity contribution >= 4 is 29.2 Å². The zero-order valence-electron chi connectivity index (χ0n) is 8.95. The van der Waals surface area contributed by atoms with E-state index in [1.54, 1.807) is 12.1 Å². The van der Waals surface area contributed by atoms with Crippen molar-refractivity contribution in [2.24, 2.45) is 0 Å². The molecule has 0 spiro atoms. The van der Waals surface area contributed by atoms with Crippen molar-refractivity contribution in [1.29, 1.82) is 0 Å². The van der Waals surface area contributed by atoms with E-state index in [4.69, 9.17) is 33.7 Å². The van der Waals surface area contributed by atoms with E-state index < -0.39 is 0 Å². The standard InChI is InChI=1S/C11H9Cl2N3O/c1-6-2-3-7(12)9(4-6)17-10-8(13)5-15-11(14)16-10/h2-5H,1H3,(H2,14,15,16). The second kappa shape index (κ2) is 4.77. The summed E-state index contributed by atoms with van der Waals surface area (Å²) in [5, 5.41) is 0.751. The van der Waals surface area contributed by atoms with Gasteiger partial charge in [-0.3, -0.25) is 0 Å². The molecule has 2 rings (SSSR count). The molecule has 0 amide bonds. The number of hydrogen-bond acceptors (Lipinski definition) is 4. The Morgan fingerprint density at radius 3 is 2.76 bits per heavy atom. The molecule has 6 heteroatoms. The molecule has 0 bridgehead atoms. The van der Waals surface area contributed by atoms with E-state index in [0.29, 0.717) is 10.8 Å². The normalized spacial score (nSPS) is 10.3. The van der Waals surface area contributed by atoms with Gasteiger partial charge in [0.15, 0.2) is 0 Å². The van der Waals surface area contributed by atoms with Crippen molar-refractivity contribution in [1.82, 2.24) is 9.97 Å². The van der Waals surface area contributed by atoms with E-state index in [0.717, 1.165) is 5.56 Å². The van der Waals surface area contributed by atoms with E-state index in [-0.39, 0.29) is 16.9 Å². The Hall–Kier alpha value is -1.52. The fraction of sp³-hybridized carbons (Fsp3) is 0.0909. The molecule has 0 radical (unpaired) electrons. The zero-order chi connectivity index (χ0) is 12.4. The molecule has 1 aromatic carbocycles. The van der Waals surface area contributed by atoms with Crippen LogP contribution in [-0.4, -0.2) is 9.97 Å². The summed E-state index contributed by atoms with van der Waals surface area (Å²) in [4.78, 5) is 7.64. The molecule has 0 aliphatic rings. The third kappa shape index (κ3) is 2.78. The first-order chi connectivity index (χ1) is 8.06. The minimum atomic E-state index is 0.0909. The number of nitrogens with two attached hydrogens (primary N) is 1. The lowest BCUT2D eigenvalue weighted by Crippen LogP contribution is -1.97. The second-order valence-electron chi connectivity index (χ2n) is 3.42. The number of nitrogens with zero attached hydrogens (tertiary/aromatic N) is 2. The first-order valence-electron chi connectivity index (χ1n) is 4.78. The largest absolute Gasteiger partial charge is 0.436 e. The van der Waals surface area contributed by atoms with Crippen molar-refractivity contribution in [2.45, 2.75) is 6.92 Å². The Labute approximate surface area is 108 Å². The number of anilines is 1. The molecule has 4 nitrogen and oxygen atoms in total. The maximum atomic E-state index is 6.00. The Morgan fingerprint density at radius 2 is 2.00 bits per heavy atom. The fourth-order valence-electron chi connectivity index (χ4n) is 1.23. The molecular weight excluding hydrogens is 261 g/mol. The highest BCUT2D eigenvalue weighted by molar-refractivity contribution is 6.32. The van der Waals surface area contributed by atoms with Gasteiger partial charge in [-0.05, 0) is 24.6 Å². The molecule has 0 saturated carbocycles. The van der Waals surface area contributed by atoms with Crippen LogP contribution in [0, 0.1) is 6.92 Å². The monoisotopic (exact) mass is 269 g/mol. The van der Waals surface area contributed by atoms with Crippen molar-refractivity contribution in [3.63, 3.8) is 0 Å². The predicted octanol–water partition coefficient (Wildman–Crippen LogP) is 3.47. The maximum Gasteiger partial charge on any atom is 0.243 e. The Balaban J connectivity index is 2.37. The summed E-state index contributed by atoms with van der Waals surface area (Å²) in [5.41, 5.74) is 6.47. The Bertz CT molecular complexity index is 511. The Kier molecular flexibility index (Phi) is 3.36. The maximum absolute atomic E-state index is 6.00. The predicted molar refractivity (Wildman–Crippen MR) is 67.7 cm³/mol.